The van der Waals surface area contributed by atoms with Crippen molar-refractivity contribution < 1.29 is 14.0 Å². The fourth-order valence-corrected chi connectivity index (χ4v) is 4.01. The van der Waals surface area contributed by atoms with Gasteiger partial charge >= 0.3 is 0 Å². The highest BCUT2D eigenvalue weighted by molar-refractivity contribution is 7.14. The standard InChI is InChI=1S/C21H22N4O3S/c1-14-8-9-25(12-14)17-6-4-15(5-7-17)22-19(26)11-16-13-29-21(23-16)24-20(27)18-3-2-10-28-18/h2-7,10,13-14H,8-9,11-12H2,1H3,(H,22,26)(H,23,24,27). The quantitative estimate of drug-likeness (QED) is 0.641. The molecular formula is C21H22N4O3S. The van der Waals surface area contributed by atoms with E-state index in [9.17, 15) is 9.59 Å². The number of carbonyl (C=O) groups is 2. The minimum absolute atomic E-state index is 0.137. The summed E-state index contributed by atoms with van der Waals surface area (Å²) in [4.78, 5) is 31.0. The van der Waals surface area contributed by atoms with Crippen LogP contribution in [0.2, 0.25) is 0 Å². The first-order chi connectivity index (χ1) is 14.1. The molecule has 3 aromatic rings. The third-order valence-electron chi connectivity index (χ3n) is 4.80. The molecule has 1 fully saturated rings. The van der Waals surface area contributed by atoms with E-state index in [-0.39, 0.29) is 24.0 Å². The van der Waals surface area contributed by atoms with E-state index < -0.39 is 0 Å². The van der Waals surface area contributed by atoms with Crippen LogP contribution in [0.4, 0.5) is 16.5 Å². The zero-order valence-electron chi connectivity index (χ0n) is 16.1. The Bertz CT molecular complexity index is 982. The maximum absolute atomic E-state index is 12.3. The second-order valence-corrected chi connectivity index (χ2v) is 8.05. The third kappa shape index (κ3) is 4.83. The number of rotatable bonds is 6. The molecule has 2 amide bonds. The zero-order chi connectivity index (χ0) is 20.2. The lowest BCUT2D eigenvalue weighted by molar-refractivity contribution is -0.115. The van der Waals surface area contributed by atoms with E-state index in [1.54, 1.807) is 17.5 Å². The van der Waals surface area contributed by atoms with Crippen LogP contribution in [0, 0.1) is 5.92 Å². The maximum Gasteiger partial charge on any atom is 0.293 e. The molecule has 1 aromatic carbocycles. The molecule has 1 aliphatic heterocycles. The van der Waals surface area contributed by atoms with Crippen LogP contribution < -0.4 is 15.5 Å². The maximum atomic E-state index is 12.3. The lowest BCUT2D eigenvalue weighted by atomic mass is 10.2. The van der Waals surface area contributed by atoms with Gasteiger partial charge in [0.05, 0.1) is 18.4 Å². The molecule has 2 aromatic heterocycles. The number of aromatic nitrogens is 1. The summed E-state index contributed by atoms with van der Waals surface area (Å²) < 4.78 is 5.05. The second kappa shape index (κ2) is 8.48. The molecule has 3 heterocycles. The smallest absolute Gasteiger partial charge is 0.293 e. The van der Waals surface area contributed by atoms with Gasteiger partial charge < -0.3 is 14.6 Å². The van der Waals surface area contributed by atoms with Crippen molar-refractivity contribution in [1.29, 1.82) is 0 Å². The zero-order valence-corrected chi connectivity index (χ0v) is 16.9. The molecule has 8 heteroatoms. The summed E-state index contributed by atoms with van der Waals surface area (Å²) in [6, 6.07) is 11.1. The molecule has 0 spiro atoms. The number of furan rings is 1. The van der Waals surface area contributed by atoms with Crippen LogP contribution in [0.3, 0.4) is 0 Å². The number of anilines is 3. The lowest BCUT2D eigenvalue weighted by Crippen LogP contribution is -2.19. The predicted octanol–water partition coefficient (Wildman–Crippen LogP) is 4.02. The highest BCUT2D eigenvalue weighted by Crippen LogP contribution is 2.25. The van der Waals surface area contributed by atoms with E-state index in [1.807, 2.05) is 24.3 Å². The van der Waals surface area contributed by atoms with Crippen molar-refractivity contribution in [2.75, 3.05) is 28.6 Å². The van der Waals surface area contributed by atoms with E-state index in [2.05, 4.69) is 27.4 Å². The highest BCUT2D eigenvalue weighted by Gasteiger charge is 2.19. The van der Waals surface area contributed by atoms with Gasteiger partial charge in [-0.05, 0) is 48.7 Å². The monoisotopic (exact) mass is 410 g/mol. The van der Waals surface area contributed by atoms with Crippen molar-refractivity contribution in [3.05, 3.63) is 59.5 Å². The number of hydrogen-bond acceptors (Lipinski definition) is 6. The molecule has 150 valence electrons. The molecule has 1 aliphatic rings. The summed E-state index contributed by atoms with van der Waals surface area (Å²) in [5, 5.41) is 7.74. The van der Waals surface area contributed by atoms with Gasteiger partial charge in [0.2, 0.25) is 5.91 Å². The average molecular weight is 410 g/mol. The van der Waals surface area contributed by atoms with Crippen LogP contribution in [0.15, 0.2) is 52.5 Å². The van der Waals surface area contributed by atoms with Crippen molar-refractivity contribution in [2.45, 2.75) is 19.8 Å². The topological polar surface area (TPSA) is 87.5 Å². The van der Waals surface area contributed by atoms with Gasteiger partial charge in [-0.25, -0.2) is 4.98 Å². The Morgan fingerprint density at radius 1 is 1.24 bits per heavy atom. The van der Waals surface area contributed by atoms with Crippen molar-refractivity contribution >= 4 is 39.7 Å². The summed E-state index contributed by atoms with van der Waals surface area (Å²) in [5.41, 5.74) is 2.54. The number of amides is 2. The van der Waals surface area contributed by atoms with Crippen LogP contribution in [-0.2, 0) is 11.2 Å². The molecule has 1 unspecified atom stereocenters. The first-order valence-corrected chi connectivity index (χ1v) is 10.4. The summed E-state index contributed by atoms with van der Waals surface area (Å²) in [6.45, 7) is 4.42. The van der Waals surface area contributed by atoms with E-state index in [4.69, 9.17) is 4.42 Å². The normalized spacial score (nSPS) is 16.0. The number of nitrogens with zero attached hydrogens (tertiary/aromatic N) is 2. The number of carbonyl (C=O) groups excluding carboxylic acids is 2. The lowest BCUT2D eigenvalue weighted by Gasteiger charge is -2.18. The van der Waals surface area contributed by atoms with Crippen molar-refractivity contribution in [2.24, 2.45) is 5.92 Å². The van der Waals surface area contributed by atoms with Crippen LogP contribution in [0.25, 0.3) is 0 Å². The van der Waals surface area contributed by atoms with E-state index in [0.29, 0.717) is 10.8 Å². The molecule has 2 N–H and O–H groups in total. The number of hydrogen-bond donors (Lipinski definition) is 2. The fourth-order valence-electron chi connectivity index (χ4n) is 3.31. The van der Waals surface area contributed by atoms with Crippen LogP contribution in [0.1, 0.15) is 29.6 Å². The summed E-state index contributed by atoms with van der Waals surface area (Å²) in [6.07, 6.45) is 2.79. The first-order valence-electron chi connectivity index (χ1n) is 9.51. The summed E-state index contributed by atoms with van der Waals surface area (Å²) in [5.74, 6) is 0.419. The second-order valence-electron chi connectivity index (χ2n) is 7.19. The van der Waals surface area contributed by atoms with Crippen LogP contribution in [-0.4, -0.2) is 29.9 Å². The molecule has 4 rings (SSSR count). The molecule has 7 nitrogen and oxygen atoms in total. The van der Waals surface area contributed by atoms with Gasteiger partial charge in [-0.3, -0.25) is 14.9 Å². The Hall–Kier alpha value is -3.13. The van der Waals surface area contributed by atoms with Crippen molar-refractivity contribution in [3.63, 3.8) is 0 Å². The molecule has 29 heavy (non-hydrogen) atoms. The average Bonchev–Trinajstić information content (AvgIpc) is 3.45. The van der Waals surface area contributed by atoms with Gasteiger partial charge in [0.15, 0.2) is 10.9 Å². The molecule has 1 atom stereocenters. The van der Waals surface area contributed by atoms with Gasteiger partial charge in [-0.1, -0.05) is 6.92 Å². The van der Waals surface area contributed by atoms with E-state index in [0.717, 1.165) is 24.7 Å². The van der Waals surface area contributed by atoms with E-state index >= 15 is 0 Å². The van der Waals surface area contributed by atoms with Crippen LogP contribution >= 0.6 is 11.3 Å². The van der Waals surface area contributed by atoms with Crippen molar-refractivity contribution in [1.82, 2.24) is 4.98 Å². The number of thiazole rings is 1. The fraction of sp³-hybridized carbons (Fsp3) is 0.286. The van der Waals surface area contributed by atoms with Crippen LogP contribution in [0.5, 0.6) is 0 Å². The van der Waals surface area contributed by atoms with Gasteiger partial charge in [-0.15, -0.1) is 11.3 Å². The first kappa shape index (κ1) is 19.2. The molecule has 0 saturated carbocycles. The van der Waals surface area contributed by atoms with Crippen molar-refractivity contribution in [3.8, 4) is 0 Å². The van der Waals surface area contributed by atoms with E-state index in [1.165, 1.54) is 29.7 Å². The molecule has 0 radical (unpaired) electrons. The minimum Gasteiger partial charge on any atom is -0.459 e. The molecular weight excluding hydrogens is 388 g/mol. The number of benzene rings is 1. The Balaban J connectivity index is 1.29. The SMILES string of the molecule is CC1CCN(c2ccc(NC(=O)Cc3csc(NC(=O)c4ccco4)n3)cc2)C1. The van der Waals surface area contributed by atoms with Gasteiger partial charge in [0.25, 0.3) is 5.91 Å². The largest absolute Gasteiger partial charge is 0.459 e. The highest BCUT2D eigenvalue weighted by atomic mass is 32.1. The minimum atomic E-state index is -0.368. The predicted molar refractivity (Wildman–Crippen MR) is 114 cm³/mol. The number of nitrogens with one attached hydrogen (secondary N) is 2. The molecule has 0 aliphatic carbocycles. The van der Waals surface area contributed by atoms with Gasteiger partial charge in [-0.2, -0.15) is 0 Å². The molecule has 1 saturated heterocycles. The summed E-state index contributed by atoms with van der Waals surface area (Å²) in [7, 11) is 0. The Morgan fingerprint density at radius 2 is 2.07 bits per heavy atom. The Labute approximate surface area is 172 Å². The third-order valence-corrected chi connectivity index (χ3v) is 5.61. The Morgan fingerprint density at radius 3 is 2.76 bits per heavy atom. The molecule has 0 bridgehead atoms. The Kier molecular flexibility index (Phi) is 5.62. The summed E-state index contributed by atoms with van der Waals surface area (Å²) >= 11 is 1.27. The van der Waals surface area contributed by atoms with Gasteiger partial charge in [0, 0.05) is 29.8 Å². The van der Waals surface area contributed by atoms with Gasteiger partial charge in [0.1, 0.15) is 0 Å².